The molecular formula is C17H24O2. The van der Waals surface area contributed by atoms with Gasteiger partial charge < -0.3 is 4.74 Å². The largest absolute Gasteiger partial charge is 0.462 e. The predicted molar refractivity (Wildman–Crippen MR) is 78.9 cm³/mol. The third-order valence-electron chi connectivity index (χ3n) is 2.91. The van der Waals surface area contributed by atoms with Gasteiger partial charge in [-0.05, 0) is 39.2 Å². The standard InChI is InChI=1S/C17H24O2/c1-5-9-15(19-16(18)17(2,3)4)13-12-14-10-7-6-8-11-14/h5-8,10-11,15H,1,9,12-13H2,2-4H3. The lowest BCUT2D eigenvalue weighted by Gasteiger charge is -2.22. The monoisotopic (exact) mass is 260 g/mol. The highest BCUT2D eigenvalue weighted by Gasteiger charge is 2.25. The van der Waals surface area contributed by atoms with Crippen molar-refractivity contribution in [3.63, 3.8) is 0 Å². The van der Waals surface area contributed by atoms with Crippen LogP contribution in [0, 0.1) is 5.41 Å². The Balaban J connectivity index is 2.53. The van der Waals surface area contributed by atoms with Gasteiger partial charge in [-0.25, -0.2) is 0 Å². The molecule has 19 heavy (non-hydrogen) atoms. The van der Waals surface area contributed by atoms with E-state index in [2.05, 4.69) is 18.7 Å². The number of benzene rings is 1. The molecule has 0 aliphatic rings. The Labute approximate surface area is 116 Å². The van der Waals surface area contributed by atoms with Crippen molar-refractivity contribution in [1.29, 1.82) is 0 Å². The smallest absolute Gasteiger partial charge is 0.311 e. The lowest BCUT2D eigenvalue weighted by Crippen LogP contribution is -2.28. The van der Waals surface area contributed by atoms with Gasteiger partial charge in [0.2, 0.25) is 0 Å². The molecule has 2 heteroatoms. The minimum absolute atomic E-state index is 0.0792. The van der Waals surface area contributed by atoms with Crippen molar-refractivity contribution in [3.05, 3.63) is 48.6 Å². The SMILES string of the molecule is C=CCC(CCc1ccccc1)OC(=O)C(C)(C)C. The molecule has 1 unspecified atom stereocenters. The number of hydrogen-bond donors (Lipinski definition) is 0. The van der Waals surface area contributed by atoms with Crippen molar-refractivity contribution in [3.8, 4) is 0 Å². The maximum atomic E-state index is 11.9. The number of ether oxygens (including phenoxy) is 1. The molecular weight excluding hydrogens is 236 g/mol. The van der Waals surface area contributed by atoms with Gasteiger partial charge in [-0.15, -0.1) is 6.58 Å². The molecule has 1 atom stereocenters. The molecule has 0 heterocycles. The summed E-state index contributed by atoms with van der Waals surface area (Å²) < 4.78 is 5.57. The van der Waals surface area contributed by atoms with Gasteiger partial charge >= 0.3 is 5.97 Å². The van der Waals surface area contributed by atoms with E-state index in [0.29, 0.717) is 6.42 Å². The number of esters is 1. The second-order valence-corrected chi connectivity index (χ2v) is 5.83. The Morgan fingerprint density at radius 3 is 2.47 bits per heavy atom. The van der Waals surface area contributed by atoms with Gasteiger partial charge in [0.15, 0.2) is 0 Å². The first-order chi connectivity index (χ1) is 8.93. The molecule has 0 aliphatic carbocycles. The number of hydrogen-bond acceptors (Lipinski definition) is 2. The van der Waals surface area contributed by atoms with Crippen LogP contribution in [0.1, 0.15) is 39.2 Å². The molecule has 1 aromatic rings. The van der Waals surface area contributed by atoms with E-state index >= 15 is 0 Å². The first kappa shape index (κ1) is 15.5. The summed E-state index contributed by atoms with van der Waals surface area (Å²) in [5.41, 5.74) is 0.815. The summed E-state index contributed by atoms with van der Waals surface area (Å²) in [5.74, 6) is -0.146. The molecule has 0 spiro atoms. The predicted octanol–water partition coefficient (Wildman–Crippen LogP) is 4.15. The first-order valence-corrected chi connectivity index (χ1v) is 6.79. The van der Waals surface area contributed by atoms with E-state index in [1.807, 2.05) is 45.0 Å². The molecule has 1 rings (SSSR count). The number of aryl methyl sites for hydroxylation is 1. The number of carbonyl (C=O) groups is 1. The molecule has 0 bridgehead atoms. The van der Waals surface area contributed by atoms with Crippen LogP contribution < -0.4 is 0 Å². The minimum atomic E-state index is -0.452. The summed E-state index contributed by atoms with van der Waals surface area (Å²) in [7, 11) is 0. The maximum absolute atomic E-state index is 11.9. The van der Waals surface area contributed by atoms with Gasteiger partial charge in [-0.1, -0.05) is 36.4 Å². The van der Waals surface area contributed by atoms with Crippen molar-refractivity contribution in [2.75, 3.05) is 0 Å². The van der Waals surface area contributed by atoms with Crippen LogP contribution in [0.15, 0.2) is 43.0 Å². The van der Waals surface area contributed by atoms with Gasteiger partial charge in [-0.3, -0.25) is 4.79 Å². The van der Waals surface area contributed by atoms with Crippen LogP contribution in [0.2, 0.25) is 0 Å². The molecule has 0 aliphatic heterocycles. The van der Waals surface area contributed by atoms with Crippen LogP contribution in [-0.4, -0.2) is 12.1 Å². The molecule has 0 fully saturated rings. The molecule has 0 N–H and O–H groups in total. The van der Waals surface area contributed by atoms with E-state index in [0.717, 1.165) is 12.8 Å². The summed E-state index contributed by atoms with van der Waals surface area (Å²) in [4.78, 5) is 11.9. The van der Waals surface area contributed by atoms with Gasteiger partial charge in [0.1, 0.15) is 6.10 Å². The Kier molecular flexibility index (Phi) is 5.81. The van der Waals surface area contributed by atoms with E-state index in [9.17, 15) is 4.79 Å². The Hall–Kier alpha value is -1.57. The number of carbonyl (C=O) groups excluding carboxylic acids is 1. The van der Waals surface area contributed by atoms with Gasteiger partial charge in [0.25, 0.3) is 0 Å². The molecule has 0 saturated carbocycles. The van der Waals surface area contributed by atoms with Crippen molar-refractivity contribution in [2.45, 2.75) is 46.1 Å². The van der Waals surface area contributed by atoms with Crippen molar-refractivity contribution in [1.82, 2.24) is 0 Å². The quantitative estimate of drug-likeness (QED) is 0.567. The van der Waals surface area contributed by atoms with Crippen LogP contribution in [0.3, 0.4) is 0 Å². The van der Waals surface area contributed by atoms with E-state index in [-0.39, 0.29) is 12.1 Å². The van der Waals surface area contributed by atoms with Gasteiger partial charge in [0, 0.05) is 6.42 Å². The van der Waals surface area contributed by atoms with E-state index in [1.54, 1.807) is 0 Å². The summed E-state index contributed by atoms with van der Waals surface area (Å²) in [6.45, 7) is 9.35. The fraction of sp³-hybridized carbons (Fsp3) is 0.471. The molecule has 1 aromatic carbocycles. The average Bonchev–Trinajstić information content (AvgIpc) is 2.36. The fourth-order valence-corrected chi connectivity index (χ4v) is 1.71. The second-order valence-electron chi connectivity index (χ2n) is 5.83. The summed E-state index contributed by atoms with van der Waals surface area (Å²) >= 11 is 0. The van der Waals surface area contributed by atoms with Crippen molar-refractivity contribution < 1.29 is 9.53 Å². The Morgan fingerprint density at radius 2 is 1.95 bits per heavy atom. The first-order valence-electron chi connectivity index (χ1n) is 6.79. The zero-order valence-electron chi connectivity index (χ0n) is 12.2. The van der Waals surface area contributed by atoms with Gasteiger partial charge in [-0.2, -0.15) is 0 Å². The Morgan fingerprint density at radius 1 is 1.32 bits per heavy atom. The van der Waals surface area contributed by atoms with Crippen LogP contribution in [0.5, 0.6) is 0 Å². The third-order valence-corrected chi connectivity index (χ3v) is 2.91. The normalized spacial score (nSPS) is 12.8. The molecule has 0 amide bonds. The average molecular weight is 260 g/mol. The highest BCUT2D eigenvalue weighted by molar-refractivity contribution is 5.75. The third kappa shape index (κ3) is 5.73. The van der Waals surface area contributed by atoms with Crippen LogP contribution in [0.4, 0.5) is 0 Å². The number of rotatable bonds is 6. The summed E-state index contributed by atoms with van der Waals surface area (Å²) in [6.07, 6.45) is 4.18. The lowest BCUT2D eigenvalue weighted by atomic mass is 9.97. The van der Waals surface area contributed by atoms with Crippen LogP contribution in [-0.2, 0) is 16.0 Å². The Bertz CT molecular complexity index is 401. The minimum Gasteiger partial charge on any atom is -0.462 e. The van der Waals surface area contributed by atoms with Crippen LogP contribution in [0.25, 0.3) is 0 Å². The van der Waals surface area contributed by atoms with E-state index in [1.165, 1.54) is 5.56 Å². The zero-order valence-corrected chi connectivity index (χ0v) is 12.2. The molecule has 0 saturated heterocycles. The van der Waals surface area contributed by atoms with Crippen molar-refractivity contribution >= 4 is 5.97 Å². The molecule has 0 aromatic heterocycles. The van der Waals surface area contributed by atoms with Crippen molar-refractivity contribution in [2.24, 2.45) is 5.41 Å². The highest BCUT2D eigenvalue weighted by atomic mass is 16.5. The molecule has 2 nitrogen and oxygen atoms in total. The summed E-state index contributed by atoms with van der Waals surface area (Å²) in [6, 6.07) is 10.2. The topological polar surface area (TPSA) is 26.3 Å². The van der Waals surface area contributed by atoms with Gasteiger partial charge in [0.05, 0.1) is 5.41 Å². The summed E-state index contributed by atoms with van der Waals surface area (Å²) in [5, 5.41) is 0. The van der Waals surface area contributed by atoms with Crippen LogP contribution >= 0.6 is 0 Å². The second kappa shape index (κ2) is 7.13. The van der Waals surface area contributed by atoms with E-state index < -0.39 is 5.41 Å². The fourth-order valence-electron chi connectivity index (χ4n) is 1.71. The molecule has 104 valence electrons. The molecule has 0 radical (unpaired) electrons. The van der Waals surface area contributed by atoms with E-state index in [4.69, 9.17) is 4.74 Å². The lowest BCUT2D eigenvalue weighted by molar-refractivity contribution is -0.158. The highest BCUT2D eigenvalue weighted by Crippen LogP contribution is 2.19. The maximum Gasteiger partial charge on any atom is 0.311 e. The zero-order chi connectivity index (χ0) is 14.3.